The van der Waals surface area contributed by atoms with Crippen molar-refractivity contribution in [3.63, 3.8) is 0 Å². The minimum absolute atomic E-state index is 0.124. The molecule has 0 radical (unpaired) electrons. The second-order valence-electron chi connectivity index (χ2n) is 4.50. The van der Waals surface area contributed by atoms with Gasteiger partial charge in [0.2, 0.25) is 5.91 Å². The highest BCUT2D eigenvalue weighted by molar-refractivity contribution is 7.99. The number of aromatic nitrogens is 2. The molecule has 0 saturated carbocycles. The van der Waals surface area contributed by atoms with Crippen molar-refractivity contribution < 1.29 is 14.7 Å². The van der Waals surface area contributed by atoms with Crippen molar-refractivity contribution in [1.82, 2.24) is 9.97 Å². The summed E-state index contributed by atoms with van der Waals surface area (Å²) in [7, 11) is 0. The summed E-state index contributed by atoms with van der Waals surface area (Å²) in [6.07, 6.45) is 0.198. The zero-order valence-electron chi connectivity index (χ0n) is 11.9. The van der Waals surface area contributed by atoms with Gasteiger partial charge in [-0.2, -0.15) is 0 Å². The van der Waals surface area contributed by atoms with Crippen LogP contribution in [0.4, 0.5) is 11.5 Å². The number of carboxylic acids is 1. The highest BCUT2D eigenvalue weighted by Crippen LogP contribution is 2.14. The van der Waals surface area contributed by atoms with E-state index in [0.717, 1.165) is 0 Å². The number of aromatic carboxylic acids is 1. The number of nitrogens with one attached hydrogen (secondary N) is 2. The van der Waals surface area contributed by atoms with Crippen molar-refractivity contribution in [1.29, 1.82) is 0 Å². The van der Waals surface area contributed by atoms with Crippen molar-refractivity contribution >= 4 is 35.1 Å². The van der Waals surface area contributed by atoms with E-state index in [1.165, 1.54) is 42.1 Å². The molecular formula is C14H14N4O4S. The summed E-state index contributed by atoms with van der Waals surface area (Å²) in [4.78, 5) is 40.2. The predicted molar refractivity (Wildman–Crippen MR) is 86.6 cm³/mol. The van der Waals surface area contributed by atoms with Crippen LogP contribution < -0.4 is 16.6 Å². The van der Waals surface area contributed by atoms with Crippen LogP contribution in [0.15, 0.2) is 40.3 Å². The second kappa shape index (κ2) is 7.45. The molecule has 0 aliphatic rings. The van der Waals surface area contributed by atoms with Crippen LogP contribution in [0.25, 0.3) is 0 Å². The molecule has 8 nitrogen and oxygen atoms in total. The number of nitrogens with zero attached hydrogens (tertiary/aromatic N) is 1. The molecule has 0 aliphatic heterocycles. The molecule has 0 atom stereocenters. The van der Waals surface area contributed by atoms with Gasteiger partial charge in [-0.1, -0.05) is 11.8 Å². The first-order valence-corrected chi connectivity index (χ1v) is 7.55. The molecule has 5 N–H and O–H groups in total. The Labute approximate surface area is 135 Å². The zero-order chi connectivity index (χ0) is 16.8. The average molecular weight is 334 g/mol. The van der Waals surface area contributed by atoms with E-state index in [9.17, 15) is 14.4 Å². The molecule has 1 heterocycles. The SMILES string of the molecule is Nc1cc(=O)[nH]c(SCCC(=O)Nc2ccc(C(=O)O)cc2)n1. The Balaban J connectivity index is 1.83. The molecule has 120 valence electrons. The van der Waals surface area contributed by atoms with E-state index in [-0.39, 0.29) is 29.3 Å². The average Bonchev–Trinajstić information content (AvgIpc) is 2.46. The lowest BCUT2D eigenvalue weighted by atomic mass is 10.2. The molecule has 1 aromatic heterocycles. The van der Waals surface area contributed by atoms with Gasteiger partial charge in [-0.3, -0.25) is 9.59 Å². The van der Waals surface area contributed by atoms with E-state index < -0.39 is 5.97 Å². The fourth-order valence-electron chi connectivity index (χ4n) is 1.68. The number of thioether (sulfide) groups is 1. The van der Waals surface area contributed by atoms with Gasteiger partial charge in [0.1, 0.15) is 5.82 Å². The van der Waals surface area contributed by atoms with Crippen LogP contribution in [-0.2, 0) is 4.79 Å². The van der Waals surface area contributed by atoms with Crippen LogP contribution >= 0.6 is 11.8 Å². The Morgan fingerprint density at radius 1 is 1.30 bits per heavy atom. The lowest BCUT2D eigenvalue weighted by Gasteiger charge is -2.05. The maximum absolute atomic E-state index is 11.8. The van der Waals surface area contributed by atoms with Crippen LogP contribution in [0.1, 0.15) is 16.8 Å². The van der Waals surface area contributed by atoms with Crippen molar-refractivity contribution in [2.45, 2.75) is 11.6 Å². The van der Waals surface area contributed by atoms with Gasteiger partial charge in [-0.15, -0.1) is 0 Å². The number of nitrogen functional groups attached to an aromatic ring is 1. The lowest BCUT2D eigenvalue weighted by molar-refractivity contribution is -0.115. The molecule has 0 saturated heterocycles. The van der Waals surface area contributed by atoms with E-state index in [2.05, 4.69) is 15.3 Å². The quantitative estimate of drug-likeness (QED) is 0.459. The number of amides is 1. The maximum Gasteiger partial charge on any atom is 0.335 e. The molecule has 0 bridgehead atoms. The van der Waals surface area contributed by atoms with Gasteiger partial charge in [-0.05, 0) is 24.3 Å². The maximum atomic E-state index is 11.8. The predicted octanol–water partition coefficient (Wildman–Crippen LogP) is 1.17. The van der Waals surface area contributed by atoms with Gasteiger partial charge >= 0.3 is 5.97 Å². The number of carbonyl (C=O) groups is 2. The number of carboxylic acid groups (broad SMARTS) is 1. The standard InChI is InChI=1S/C14H14N4O4S/c15-10-7-12(20)18-14(17-10)23-6-5-11(19)16-9-3-1-8(2-4-9)13(21)22/h1-4,7H,5-6H2,(H,16,19)(H,21,22)(H3,15,17,18,20). The largest absolute Gasteiger partial charge is 0.478 e. The van der Waals surface area contributed by atoms with Gasteiger partial charge in [0.05, 0.1) is 5.56 Å². The number of hydrogen-bond acceptors (Lipinski definition) is 6. The first-order valence-electron chi connectivity index (χ1n) is 6.57. The van der Waals surface area contributed by atoms with Crippen LogP contribution in [0.2, 0.25) is 0 Å². The number of aromatic amines is 1. The normalized spacial score (nSPS) is 10.3. The summed E-state index contributed by atoms with van der Waals surface area (Å²) >= 11 is 1.21. The number of anilines is 2. The van der Waals surface area contributed by atoms with Gasteiger partial charge in [0.25, 0.3) is 5.56 Å². The zero-order valence-corrected chi connectivity index (χ0v) is 12.7. The Bertz CT molecular complexity index is 773. The first-order chi connectivity index (χ1) is 10.9. The Hall–Kier alpha value is -2.81. The van der Waals surface area contributed by atoms with Gasteiger partial charge in [0.15, 0.2) is 5.16 Å². The number of H-pyrrole nitrogens is 1. The monoisotopic (exact) mass is 334 g/mol. The summed E-state index contributed by atoms with van der Waals surface area (Å²) in [5, 5.41) is 11.8. The smallest absolute Gasteiger partial charge is 0.335 e. The third kappa shape index (κ3) is 5.15. The topological polar surface area (TPSA) is 138 Å². The summed E-state index contributed by atoms with van der Waals surface area (Å²) in [6, 6.07) is 7.04. The van der Waals surface area contributed by atoms with Crippen LogP contribution in [-0.4, -0.2) is 32.7 Å². The molecule has 1 amide bonds. The fraction of sp³-hybridized carbons (Fsp3) is 0.143. The Morgan fingerprint density at radius 3 is 2.61 bits per heavy atom. The van der Waals surface area contributed by atoms with E-state index in [1.807, 2.05) is 0 Å². The van der Waals surface area contributed by atoms with Gasteiger partial charge in [-0.25, -0.2) is 9.78 Å². The van der Waals surface area contributed by atoms with Gasteiger partial charge < -0.3 is 21.1 Å². The first kappa shape index (κ1) is 16.6. The van der Waals surface area contributed by atoms with Crippen molar-refractivity contribution in [3.05, 3.63) is 46.2 Å². The lowest BCUT2D eigenvalue weighted by Crippen LogP contribution is -2.13. The molecule has 1 aromatic carbocycles. The van der Waals surface area contributed by atoms with E-state index in [0.29, 0.717) is 16.6 Å². The fourth-order valence-corrected chi connectivity index (χ4v) is 2.51. The summed E-state index contributed by atoms with van der Waals surface area (Å²) in [5.74, 6) is -0.722. The third-order valence-electron chi connectivity index (χ3n) is 2.72. The number of benzene rings is 1. The van der Waals surface area contributed by atoms with E-state index in [4.69, 9.17) is 10.8 Å². The number of rotatable bonds is 6. The summed E-state index contributed by atoms with van der Waals surface area (Å²) in [6.45, 7) is 0. The van der Waals surface area contributed by atoms with Gasteiger partial charge in [0, 0.05) is 23.9 Å². The Kier molecular flexibility index (Phi) is 5.36. The van der Waals surface area contributed by atoms with Crippen LogP contribution in [0, 0.1) is 0 Å². The third-order valence-corrected chi connectivity index (χ3v) is 3.60. The molecular weight excluding hydrogens is 320 g/mol. The molecule has 0 unspecified atom stereocenters. The highest BCUT2D eigenvalue weighted by Gasteiger charge is 2.06. The van der Waals surface area contributed by atoms with Crippen molar-refractivity contribution in [2.75, 3.05) is 16.8 Å². The van der Waals surface area contributed by atoms with Crippen LogP contribution in [0.3, 0.4) is 0 Å². The van der Waals surface area contributed by atoms with Crippen molar-refractivity contribution in [3.8, 4) is 0 Å². The minimum atomic E-state index is -1.03. The highest BCUT2D eigenvalue weighted by atomic mass is 32.2. The summed E-state index contributed by atoms with van der Waals surface area (Å²) in [5.41, 5.74) is 5.78. The van der Waals surface area contributed by atoms with E-state index in [1.54, 1.807) is 0 Å². The summed E-state index contributed by atoms with van der Waals surface area (Å²) < 4.78 is 0. The number of hydrogen-bond donors (Lipinski definition) is 4. The molecule has 0 spiro atoms. The minimum Gasteiger partial charge on any atom is -0.478 e. The van der Waals surface area contributed by atoms with E-state index >= 15 is 0 Å². The van der Waals surface area contributed by atoms with Crippen molar-refractivity contribution in [2.24, 2.45) is 0 Å². The molecule has 0 aliphatic carbocycles. The number of nitrogens with two attached hydrogens (primary N) is 1. The second-order valence-corrected chi connectivity index (χ2v) is 5.59. The Morgan fingerprint density at radius 2 is 2.00 bits per heavy atom. The molecule has 9 heteroatoms. The molecule has 2 rings (SSSR count). The molecule has 23 heavy (non-hydrogen) atoms. The number of carbonyl (C=O) groups excluding carboxylic acids is 1. The van der Waals surface area contributed by atoms with Crippen LogP contribution in [0.5, 0.6) is 0 Å². The molecule has 0 fully saturated rings. The molecule has 2 aromatic rings.